The van der Waals surface area contributed by atoms with E-state index in [0.717, 1.165) is 17.5 Å². The van der Waals surface area contributed by atoms with Crippen LogP contribution in [0, 0.1) is 5.92 Å². The molecule has 0 bridgehead atoms. The minimum Gasteiger partial charge on any atom is -0.381 e. The summed E-state index contributed by atoms with van der Waals surface area (Å²) in [6, 6.07) is 3.15. The molecule has 0 saturated carbocycles. The van der Waals surface area contributed by atoms with Crippen molar-refractivity contribution in [1.29, 1.82) is 0 Å². The Morgan fingerprint density at radius 2 is 2.24 bits per heavy atom. The lowest BCUT2D eigenvalue weighted by Crippen LogP contribution is -2.02. The number of H-pyrrole nitrogens is 1. The molecule has 2 aromatic heterocycles. The first kappa shape index (κ1) is 11.4. The smallest absolute Gasteiger partial charge is 0.247 e. The molecule has 2 aromatic rings. The number of hydrogen-bond acceptors (Lipinski definition) is 4. The monoisotopic (exact) mass is 233 g/mol. The van der Waals surface area contributed by atoms with E-state index in [9.17, 15) is 4.79 Å². The van der Waals surface area contributed by atoms with Gasteiger partial charge in [-0.1, -0.05) is 19.0 Å². The molecule has 90 valence electrons. The zero-order chi connectivity index (χ0) is 12.4. The van der Waals surface area contributed by atoms with Crippen LogP contribution in [0.1, 0.15) is 19.4 Å². The number of aromatic nitrogens is 2. The van der Waals surface area contributed by atoms with Crippen molar-refractivity contribution in [1.82, 2.24) is 10.1 Å². The lowest BCUT2D eigenvalue weighted by Gasteiger charge is -2.04. The van der Waals surface area contributed by atoms with Gasteiger partial charge >= 0.3 is 0 Å². The van der Waals surface area contributed by atoms with E-state index in [-0.39, 0.29) is 5.56 Å². The molecular weight excluding hydrogens is 218 g/mol. The number of anilines is 1. The van der Waals surface area contributed by atoms with Crippen LogP contribution in [0.5, 0.6) is 0 Å². The molecule has 0 amide bonds. The minimum atomic E-state index is -0.147. The number of rotatable bonds is 3. The van der Waals surface area contributed by atoms with E-state index < -0.39 is 0 Å². The average Bonchev–Trinajstić information content (AvgIpc) is 2.61. The second kappa shape index (κ2) is 4.45. The summed E-state index contributed by atoms with van der Waals surface area (Å²) in [7, 11) is 0. The van der Waals surface area contributed by atoms with Crippen LogP contribution in [0.2, 0.25) is 0 Å². The third kappa shape index (κ3) is 2.38. The highest BCUT2D eigenvalue weighted by Gasteiger charge is 2.16. The Morgan fingerprint density at radius 3 is 2.82 bits per heavy atom. The molecule has 5 heteroatoms. The topological polar surface area (TPSA) is 84.9 Å². The third-order valence-electron chi connectivity index (χ3n) is 2.48. The van der Waals surface area contributed by atoms with Gasteiger partial charge in [0.2, 0.25) is 5.56 Å². The first-order valence-corrected chi connectivity index (χ1v) is 5.51. The highest BCUT2D eigenvalue weighted by atomic mass is 16.5. The van der Waals surface area contributed by atoms with Crippen LogP contribution in [0.4, 0.5) is 5.82 Å². The molecule has 2 rings (SSSR count). The zero-order valence-electron chi connectivity index (χ0n) is 9.86. The predicted octanol–water partition coefficient (Wildman–Crippen LogP) is 1.81. The number of aromatic amines is 1. The normalized spacial score (nSPS) is 11.0. The number of nitrogens with one attached hydrogen (secondary N) is 1. The molecule has 0 unspecified atom stereocenters. The molecule has 0 radical (unpaired) electrons. The van der Waals surface area contributed by atoms with Crippen LogP contribution in [0.25, 0.3) is 11.3 Å². The Labute approximate surface area is 98.6 Å². The number of nitrogens with two attached hydrogens (primary N) is 1. The van der Waals surface area contributed by atoms with Gasteiger partial charge in [-0.2, -0.15) is 0 Å². The van der Waals surface area contributed by atoms with Crippen LogP contribution >= 0.6 is 0 Å². The molecule has 0 fully saturated rings. The maximum Gasteiger partial charge on any atom is 0.247 e. The van der Waals surface area contributed by atoms with Gasteiger partial charge in [0.1, 0.15) is 0 Å². The number of pyridine rings is 1. The summed E-state index contributed by atoms with van der Waals surface area (Å²) in [5.41, 5.74) is 7.31. The molecule has 2 heterocycles. The summed E-state index contributed by atoms with van der Waals surface area (Å²) in [5, 5.41) is 3.78. The zero-order valence-corrected chi connectivity index (χ0v) is 9.86. The highest BCUT2D eigenvalue weighted by Crippen LogP contribution is 2.28. The second-order valence-electron chi connectivity index (χ2n) is 4.42. The Bertz CT molecular complexity index is 549. The SMILES string of the molecule is CC(C)Cc1c(N)noc1-c1ccc(=O)[nH]c1. The predicted molar refractivity (Wildman–Crippen MR) is 65.5 cm³/mol. The number of nitrogen functional groups attached to an aromatic ring is 1. The van der Waals surface area contributed by atoms with Gasteiger partial charge in [0.25, 0.3) is 0 Å². The van der Waals surface area contributed by atoms with Crippen LogP contribution in [0.3, 0.4) is 0 Å². The average molecular weight is 233 g/mol. The largest absolute Gasteiger partial charge is 0.381 e. The molecule has 0 atom stereocenters. The maximum atomic E-state index is 11.0. The van der Waals surface area contributed by atoms with Gasteiger partial charge in [-0.25, -0.2) is 0 Å². The second-order valence-corrected chi connectivity index (χ2v) is 4.42. The molecule has 0 aromatic carbocycles. The maximum absolute atomic E-state index is 11.0. The standard InChI is InChI=1S/C12H15N3O2/c1-7(2)5-9-11(17-15-12(9)13)8-3-4-10(16)14-6-8/h3-4,6-7H,5H2,1-2H3,(H2,13,15)(H,14,16). The van der Waals surface area contributed by atoms with Gasteiger partial charge in [-0.05, 0) is 18.4 Å². The van der Waals surface area contributed by atoms with E-state index in [1.807, 2.05) is 0 Å². The third-order valence-corrected chi connectivity index (χ3v) is 2.48. The summed E-state index contributed by atoms with van der Waals surface area (Å²) in [6.45, 7) is 4.20. The van der Waals surface area contributed by atoms with Crippen LogP contribution < -0.4 is 11.3 Å². The molecule has 0 spiro atoms. The molecule has 5 nitrogen and oxygen atoms in total. The van der Waals surface area contributed by atoms with E-state index >= 15 is 0 Å². The van der Waals surface area contributed by atoms with Crippen molar-refractivity contribution in [2.24, 2.45) is 5.92 Å². The molecular formula is C12H15N3O2. The summed E-state index contributed by atoms with van der Waals surface area (Å²) >= 11 is 0. The van der Waals surface area contributed by atoms with E-state index in [2.05, 4.69) is 24.0 Å². The Balaban J connectivity index is 2.45. The van der Waals surface area contributed by atoms with Gasteiger partial charge in [0, 0.05) is 23.4 Å². The van der Waals surface area contributed by atoms with Crippen molar-refractivity contribution in [2.45, 2.75) is 20.3 Å². The quantitative estimate of drug-likeness (QED) is 0.846. The molecule has 3 N–H and O–H groups in total. The van der Waals surface area contributed by atoms with Gasteiger partial charge in [-0.15, -0.1) is 0 Å². The van der Waals surface area contributed by atoms with Crippen LogP contribution in [-0.2, 0) is 6.42 Å². The molecule has 0 aliphatic rings. The van der Waals surface area contributed by atoms with E-state index in [1.54, 1.807) is 12.3 Å². The fraction of sp³-hybridized carbons (Fsp3) is 0.333. The van der Waals surface area contributed by atoms with Gasteiger partial charge in [-0.3, -0.25) is 4.79 Å². The lowest BCUT2D eigenvalue weighted by molar-refractivity contribution is 0.434. The van der Waals surface area contributed by atoms with Crippen molar-refractivity contribution in [3.63, 3.8) is 0 Å². The minimum absolute atomic E-state index is 0.147. The fourth-order valence-electron chi connectivity index (χ4n) is 1.71. The van der Waals surface area contributed by atoms with Gasteiger partial charge in [0.05, 0.1) is 0 Å². The van der Waals surface area contributed by atoms with Gasteiger partial charge in [0.15, 0.2) is 11.6 Å². The fourth-order valence-corrected chi connectivity index (χ4v) is 1.71. The van der Waals surface area contributed by atoms with Crippen molar-refractivity contribution in [3.8, 4) is 11.3 Å². The summed E-state index contributed by atoms with van der Waals surface area (Å²) < 4.78 is 5.23. The molecule has 17 heavy (non-hydrogen) atoms. The van der Waals surface area contributed by atoms with Crippen molar-refractivity contribution < 1.29 is 4.52 Å². The van der Waals surface area contributed by atoms with Crippen molar-refractivity contribution in [3.05, 3.63) is 34.2 Å². The lowest BCUT2D eigenvalue weighted by atomic mass is 10.0. The Kier molecular flexibility index (Phi) is 2.99. The number of hydrogen-bond donors (Lipinski definition) is 2. The molecule has 0 saturated heterocycles. The molecule has 0 aliphatic heterocycles. The first-order valence-electron chi connectivity index (χ1n) is 5.51. The van der Waals surface area contributed by atoms with Crippen molar-refractivity contribution in [2.75, 3.05) is 5.73 Å². The van der Waals surface area contributed by atoms with Crippen LogP contribution in [-0.4, -0.2) is 10.1 Å². The van der Waals surface area contributed by atoms with Gasteiger partial charge < -0.3 is 15.2 Å². The first-order chi connectivity index (χ1) is 8.08. The Morgan fingerprint density at radius 1 is 1.47 bits per heavy atom. The Hall–Kier alpha value is -2.04. The number of nitrogens with zero attached hydrogens (tertiary/aromatic N) is 1. The summed E-state index contributed by atoms with van der Waals surface area (Å²) in [5.74, 6) is 1.51. The summed E-state index contributed by atoms with van der Waals surface area (Å²) in [4.78, 5) is 13.6. The van der Waals surface area contributed by atoms with E-state index in [0.29, 0.717) is 17.5 Å². The highest BCUT2D eigenvalue weighted by molar-refractivity contribution is 5.65. The molecule has 0 aliphatic carbocycles. The van der Waals surface area contributed by atoms with Crippen LogP contribution in [0.15, 0.2) is 27.6 Å². The van der Waals surface area contributed by atoms with E-state index in [4.69, 9.17) is 10.3 Å². The summed E-state index contributed by atoms with van der Waals surface area (Å²) in [6.07, 6.45) is 2.40. The van der Waals surface area contributed by atoms with E-state index in [1.165, 1.54) is 6.07 Å². The van der Waals surface area contributed by atoms with Crippen molar-refractivity contribution >= 4 is 5.82 Å².